The van der Waals surface area contributed by atoms with Crippen LogP contribution in [0.4, 0.5) is 17.1 Å². The Morgan fingerprint density at radius 3 is 1.60 bits per heavy atom. The third kappa shape index (κ3) is 3.40. The fourth-order valence-corrected chi connectivity index (χ4v) is 9.79. The molecule has 3 nitrogen and oxygen atoms in total. The van der Waals surface area contributed by atoms with Crippen LogP contribution in [0.15, 0.2) is 176 Å². The highest BCUT2D eigenvalue weighted by molar-refractivity contribution is 6.35. The first-order valence-electron chi connectivity index (χ1n) is 18.4. The molecule has 0 spiro atoms. The molecule has 9 aromatic carbocycles. The summed E-state index contributed by atoms with van der Waals surface area (Å²) in [7, 11) is 0. The van der Waals surface area contributed by atoms with Crippen LogP contribution in [0, 0.1) is 0 Å². The molecule has 13 rings (SSSR count). The molecular formula is C50H29N3. The maximum Gasteiger partial charge on any atom is 0.0782 e. The van der Waals surface area contributed by atoms with E-state index in [0.29, 0.717) is 0 Å². The van der Waals surface area contributed by atoms with E-state index in [2.05, 4.69) is 190 Å². The third-order valence-corrected chi connectivity index (χ3v) is 11.9. The predicted octanol–water partition coefficient (Wildman–Crippen LogP) is 13.8. The average Bonchev–Trinajstić information content (AvgIpc) is 3.94. The summed E-state index contributed by atoms with van der Waals surface area (Å²) in [6, 6.07) is 65.0. The van der Waals surface area contributed by atoms with Crippen LogP contribution in [0.25, 0.3) is 97.7 Å². The minimum atomic E-state index is 1.13. The molecule has 0 saturated carbocycles. The molecule has 0 aliphatic rings. The normalized spacial score (nSPS) is 12.5. The van der Waals surface area contributed by atoms with E-state index in [1.54, 1.807) is 0 Å². The molecule has 4 aromatic heterocycles. The fourth-order valence-electron chi connectivity index (χ4n) is 9.79. The molecule has 244 valence electrons. The van der Waals surface area contributed by atoms with Crippen LogP contribution < -0.4 is 4.90 Å². The van der Waals surface area contributed by atoms with E-state index >= 15 is 0 Å². The summed E-state index contributed by atoms with van der Waals surface area (Å²) in [6.07, 6.45) is 0. The zero-order valence-corrected chi connectivity index (χ0v) is 28.6. The number of rotatable bonds is 3. The minimum Gasteiger partial charge on any atom is -0.308 e. The van der Waals surface area contributed by atoms with Crippen molar-refractivity contribution in [1.82, 2.24) is 8.80 Å². The van der Waals surface area contributed by atoms with Crippen LogP contribution in [0.5, 0.6) is 0 Å². The van der Waals surface area contributed by atoms with Crippen molar-refractivity contribution in [3.05, 3.63) is 176 Å². The van der Waals surface area contributed by atoms with Gasteiger partial charge in [-0.05, 0) is 64.7 Å². The van der Waals surface area contributed by atoms with E-state index < -0.39 is 0 Å². The van der Waals surface area contributed by atoms with Crippen molar-refractivity contribution in [2.75, 3.05) is 4.90 Å². The van der Waals surface area contributed by atoms with E-state index in [1.165, 1.54) is 97.7 Å². The van der Waals surface area contributed by atoms with E-state index in [0.717, 1.165) is 17.1 Å². The van der Waals surface area contributed by atoms with Crippen molar-refractivity contribution in [3.8, 4) is 0 Å². The highest BCUT2D eigenvalue weighted by atomic mass is 15.2. The number of nitrogens with zero attached hydrogens (tertiary/aromatic N) is 3. The second-order valence-corrected chi connectivity index (χ2v) is 14.5. The average molecular weight is 672 g/mol. The van der Waals surface area contributed by atoms with Gasteiger partial charge in [-0.2, -0.15) is 0 Å². The highest BCUT2D eigenvalue weighted by Gasteiger charge is 2.26. The summed E-state index contributed by atoms with van der Waals surface area (Å²) in [5.74, 6) is 0. The Morgan fingerprint density at radius 2 is 0.830 bits per heavy atom. The number of benzene rings is 9. The van der Waals surface area contributed by atoms with Gasteiger partial charge in [0.2, 0.25) is 0 Å². The molecule has 4 heterocycles. The van der Waals surface area contributed by atoms with Gasteiger partial charge in [0, 0.05) is 59.9 Å². The lowest BCUT2D eigenvalue weighted by molar-refractivity contribution is 1.27. The van der Waals surface area contributed by atoms with Gasteiger partial charge < -0.3 is 13.7 Å². The van der Waals surface area contributed by atoms with Gasteiger partial charge in [0.05, 0.1) is 38.8 Å². The molecule has 0 bridgehead atoms. The van der Waals surface area contributed by atoms with Crippen LogP contribution in [0.1, 0.15) is 0 Å². The molecule has 13 aromatic rings. The molecule has 0 radical (unpaired) electrons. The lowest BCUT2D eigenvalue weighted by Crippen LogP contribution is -2.10. The predicted molar refractivity (Wildman–Crippen MR) is 225 cm³/mol. The Balaban J connectivity index is 1.27. The largest absolute Gasteiger partial charge is 0.308 e. The molecule has 0 aliphatic carbocycles. The SMILES string of the molecule is c1ccc(N(c2ccccc2)c2cccc3c4cc5ccccc5c5c6cc7c(cc6n(c23)c45)c2cccc3c4ccc5ccccc5c4n7c23)cc1. The van der Waals surface area contributed by atoms with Crippen LogP contribution in [0.3, 0.4) is 0 Å². The Hall–Kier alpha value is -7.10. The Bertz CT molecular complexity index is 3570. The Kier molecular flexibility index (Phi) is 5.11. The van der Waals surface area contributed by atoms with Gasteiger partial charge >= 0.3 is 0 Å². The van der Waals surface area contributed by atoms with E-state index in [-0.39, 0.29) is 0 Å². The lowest BCUT2D eigenvalue weighted by atomic mass is 9.99. The number of anilines is 3. The summed E-state index contributed by atoms with van der Waals surface area (Å²) in [5, 5.41) is 15.5. The van der Waals surface area contributed by atoms with Gasteiger partial charge in [0.1, 0.15) is 0 Å². The smallest absolute Gasteiger partial charge is 0.0782 e. The molecule has 0 unspecified atom stereocenters. The number of fused-ring (bicyclic) bond motifs is 16. The molecule has 0 fully saturated rings. The summed E-state index contributed by atoms with van der Waals surface area (Å²) in [4.78, 5) is 2.42. The zero-order chi connectivity index (χ0) is 34.4. The molecule has 0 aliphatic heterocycles. The first kappa shape index (κ1) is 27.6. The standard InChI is InChI=1S/C50H29N3/c1-3-15-32(16-4-1)51(33-17-5-2-6-18-33)43-24-12-23-38-41-27-31-14-8-9-19-34(31)46-42-29-44-40(28-45(42)53(49(38)43)50(41)46)37-22-11-21-36-39-26-25-30-13-7-10-20-35(30)47(39)52(44)48(36)37/h1-29H. The summed E-state index contributed by atoms with van der Waals surface area (Å²) in [6.45, 7) is 0. The molecular weight excluding hydrogens is 643 g/mol. The number of hydrogen-bond acceptors (Lipinski definition) is 1. The first-order chi connectivity index (χ1) is 26.3. The van der Waals surface area contributed by atoms with E-state index in [9.17, 15) is 0 Å². The van der Waals surface area contributed by atoms with Crippen LogP contribution in [-0.2, 0) is 0 Å². The van der Waals surface area contributed by atoms with E-state index in [4.69, 9.17) is 0 Å². The maximum atomic E-state index is 2.58. The van der Waals surface area contributed by atoms with Crippen molar-refractivity contribution in [2.45, 2.75) is 0 Å². The maximum absolute atomic E-state index is 2.58. The van der Waals surface area contributed by atoms with Gasteiger partial charge in [-0.1, -0.05) is 127 Å². The number of hydrogen-bond donors (Lipinski definition) is 0. The fraction of sp³-hybridized carbons (Fsp3) is 0. The van der Waals surface area contributed by atoms with Crippen molar-refractivity contribution in [2.24, 2.45) is 0 Å². The summed E-state index contributed by atoms with van der Waals surface area (Å²) < 4.78 is 5.14. The second-order valence-electron chi connectivity index (χ2n) is 14.5. The monoisotopic (exact) mass is 671 g/mol. The van der Waals surface area contributed by atoms with Crippen LogP contribution >= 0.6 is 0 Å². The van der Waals surface area contributed by atoms with Gasteiger partial charge in [-0.25, -0.2) is 0 Å². The Morgan fingerprint density at radius 1 is 0.302 bits per heavy atom. The Labute approximate surface area is 303 Å². The highest BCUT2D eigenvalue weighted by Crippen LogP contribution is 2.50. The quantitative estimate of drug-likeness (QED) is 0.182. The van der Waals surface area contributed by atoms with E-state index in [1.807, 2.05) is 0 Å². The molecule has 3 heteroatoms. The molecule has 0 atom stereocenters. The van der Waals surface area contributed by atoms with Gasteiger partial charge in [-0.3, -0.25) is 0 Å². The molecule has 53 heavy (non-hydrogen) atoms. The topological polar surface area (TPSA) is 12.1 Å². The number of aromatic nitrogens is 2. The van der Waals surface area contributed by atoms with Crippen molar-refractivity contribution in [3.63, 3.8) is 0 Å². The van der Waals surface area contributed by atoms with Crippen molar-refractivity contribution < 1.29 is 0 Å². The van der Waals surface area contributed by atoms with Crippen molar-refractivity contribution in [1.29, 1.82) is 0 Å². The lowest BCUT2D eigenvalue weighted by Gasteiger charge is -2.26. The molecule has 0 N–H and O–H groups in total. The minimum absolute atomic E-state index is 1.13. The molecule has 0 amide bonds. The summed E-state index contributed by atoms with van der Waals surface area (Å²) in [5.41, 5.74) is 11.0. The summed E-state index contributed by atoms with van der Waals surface area (Å²) >= 11 is 0. The van der Waals surface area contributed by atoms with Crippen LogP contribution in [0.2, 0.25) is 0 Å². The first-order valence-corrected chi connectivity index (χ1v) is 18.4. The zero-order valence-electron chi connectivity index (χ0n) is 28.6. The molecule has 0 saturated heterocycles. The second kappa shape index (κ2) is 9.81. The van der Waals surface area contributed by atoms with Crippen LogP contribution in [-0.4, -0.2) is 8.80 Å². The number of para-hydroxylation sites is 4. The van der Waals surface area contributed by atoms with Gasteiger partial charge in [-0.15, -0.1) is 0 Å². The van der Waals surface area contributed by atoms with Gasteiger partial charge in [0.15, 0.2) is 0 Å². The third-order valence-electron chi connectivity index (χ3n) is 11.9. The van der Waals surface area contributed by atoms with Gasteiger partial charge in [0.25, 0.3) is 0 Å². The van der Waals surface area contributed by atoms with Crippen molar-refractivity contribution >= 4 is 115 Å².